The molecule has 8 heteroatoms. The molecule has 2 fully saturated rings. The molecule has 1 aromatic heterocycles. The Morgan fingerprint density at radius 3 is 2.45 bits per heavy atom. The summed E-state index contributed by atoms with van der Waals surface area (Å²) in [6.45, 7) is 5.25. The smallest absolute Gasteiger partial charge is 0.260 e. The van der Waals surface area contributed by atoms with Crippen LogP contribution in [-0.4, -0.2) is 35.9 Å². The first kappa shape index (κ1) is 22.3. The van der Waals surface area contributed by atoms with Gasteiger partial charge in [-0.2, -0.15) is 0 Å². The summed E-state index contributed by atoms with van der Waals surface area (Å²) in [5.41, 5.74) is 0.579. The number of benzene rings is 2. The van der Waals surface area contributed by atoms with Crippen molar-refractivity contribution < 1.29 is 9.47 Å². The maximum absolute atomic E-state index is 13.1. The highest BCUT2D eigenvalue weighted by atomic mass is 35.5. The Morgan fingerprint density at radius 1 is 1.03 bits per heavy atom. The highest BCUT2D eigenvalue weighted by molar-refractivity contribution is 6.44. The van der Waals surface area contributed by atoms with Crippen LogP contribution in [0.25, 0.3) is 5.69 Å². The van der Waals surface area contributed by atoms with Crippen LogP contribution in [0.3, 0.4) is 0 Å². The molecule has 0 bridgehead atoms. The number of para-hydroxylation sites is 1. The molecule has 33 heavy (non-hydrogen) atoms. The van der Waals surface area contributed by atoms with Crippen LogP contribution in [-0.2, 0) is 4.74 Å². The minimum atomic E-state index is -0.198. The first-order valence-electron chi connectivity index (χ1n) is 11.1. The van der Waals surface area contributed by atoms with Gasteiger partial charge in [-0.25, -0.2) is 4.98 Å². The fourth-order valence-corrected chi connectivity index (χ4v) is 5.12. The molecule has 172 valence electrons. The van der Waals surface area contributed by atoms with E-state index in [1.54, 1.807) is 25.1 Å². The first-order valence-corrected chi connectivity index (χ1v) is 11.9. The fourth-order valence-electron chi connectivity index (χ4n) is 4.68. The van der Waals surface area contributed by atoms with Crippen LogP contribution >= 0.6 is 23.2 Å². The molecule has 0 radical (unpaired) electrons. The molecule has 3 aromatic rings. The van der Waals surface area contributed by atoms with Crippen molar-refractivity contribution in [1.29, 1.82) is 0 Å². The molecule has 3 heterocycles. The number of anilines is 1. The minimum Gasteiger partial charge on any atom is -0.456 e. The number of hydrogen-bond acceptors (Lipinski definition) is 5. The van der Waals surface area contributed by atoms with Gasteiger partial charge in [0.05, 0.1) is 17.3 Å². The van der Waals surface area contributed by atoms with Gasteiger partial charge in [0, 0.05) is 25.8 Å². The number of nitrogens with zero attached hydrogens (tertiary/aromatic N) is 3. The third kappa shape index (κ3) is 4.35. The zero-order chi connectivity index (χ0) is 23.0. The average molecular weight is 486 g/mol. The summed E-state index contributed by atoms with van der Waals surface area (Å²) < 4.78 is 13.0. The highest BCUT2D eigenvalue weighted by Gasteiger charge is 2.38. The standard InChI is InChI=1S/C25H25Cl2N3O3/c1-17-28-21(29-12-9-25(10-13-29)11-14-32-16-25)15-22(31)30(17)19-7-8-20(24(27)23(19)26)33-18-5-3-2-4-6-18/h2-8,15H,9-14,16H2,1H3. The Morgan fingerprint density at radius 2 is 1.79 bits per heavy atom. The van der Waals surface area contributed by atoms with E-state index in [1.807, 2.05) is 30.3 Å². The van der Waals surface area contributed by atoms with Gasteiger partial charge in [0.25, 0.3) is 5.56 Å². The molecule has 0 atom stereocenters. The van der Waals surface area contributed by atoms with Gasteiger partial charge in [-0.3, -0.25) is 9.36 Å². The largest absolute Gasteiger partial charge is 0.456 e. The molecule has 0 N–H and O–H groups in total. The predicted octanol–water partition coefficient (Wildman–Crippen LogP) is 5.65. The number of aromatic nitrogens is 2. The minimum absolute atomic E-state index is 0.198. The van der Waals surface area contributed by atoms with Crippen LogP contribution in [0.5, 0.6) is 11.5 Å². The van der Waals surface area contributed by atoms with Crippen LogP contribution in [0.2, 0.25) is 10.0 Å². The van der Waals surface area contributed by atoms with E-state index in [0.29, 0.717) is 34.2 Å². The molecule has 2 aliphatic heterocycles. The molecule has 0 amide bonds. The highest BCUT2D eigenvalue weighted by Crippen LogP contribution is 2.40. The van der Waals surface area contributed by atoms with Gasteiger partial charge >= 0.3 is 0 Å². The van der Waals surface area contributed by atoms with Gasteiger partial charge in [0.15, 0.2) is 0 Å². The molecule has 2 saturated heterocycles. The topological polar surface area (TPSA) is 56.6 Å². The second-order valence-electron chi connectivity index (χ2n) is 8.75. The summed E-state index contributed by atoms with van der Waals surface area (Å²) in [6.07, 6.45) is 3.24. The molecular weight excluding hydrogens is 461 g/mol. The summed E-state index contributed by atoms with van der Waals surface area (Å²) >= 11 is 13.1. The Balaban J connectivity index is 1.41. The SMILES string of the molecule is Cc1nc(N2CCC3(CCOC3)CC2)cc(=O)n1-c1ccc(Oc2ccccc2)c(Cl)c1Cl. The van der Waals surface area contributed by atoms with Crippen LogP contribution < -0.4 is 15.2 Å². The number of halogens is 2. The van der Waals surface area contributed by atoms with Gasteiger partial charge in [-0.05, 0) is 55.9 Å². The van der Waals surface area contributed by atoms with Crippen molar-refractivity contribution in [3.8, 4) is 17.2 Å². The molecule has 0 unspecified atom stereocenters. The van der Waals surface area contributed by atoms with Gasteiger partial charge in [-0.1, -0.05) is 41.4 Å². The summed E-state index contributed by atoms with van der Waals surface area (Å²) in [6, 6.07) is 14.3. The van der Waals surface area contributed by atoms with Crippen molar-refractivity contribution in [3.05, 3.63) is 74.8 Å². The lowest BCUT2D eigenvalue weighted by molar-refractivity contribution is 0.133. The summed E-state index contributed by atoms with van der Waals surface area (Å²) in [4.78, 5) is 20.1. The van der Waals surface area contributed by atoms with Gasteiger partial charge in [-0.15, -0.1) is 0 Å². The van der Waals surface area contributed by atoms with E-state index < -0.39 is 0 Å². The van der Waals surface area contributed by atoms with E-state index in [9.17, 15) is 4.79 Å². The monoisotopic (exact) mass is 485 g/mol. The number of piperidine rings is 1. The third-order valence-corrected chi connectivity index (χ3v) is 7.50. The normalized spacial score (nSPS) is 17.5. The van der Waals surface area contributed by atoms with Crippen LogP contribution in [0.1, 0.15) is 25.1 Å². The molecular formula is C25H25Cl2N3O3. The lowest BCUT2D eigenvalue weighted by Crippen LogP contribution is -2.41. The van der Waals surface area contributed by atoms with E-state index in [-0.39, 0.29) is 15.6 Å². The summed E-state index contributed by atoms with van der Waals surface area (Å²) in [7, 11) is 0. The number of aryl methyl sites for hydroxylation is 1. The van der Waals surface area contributed by atoms with Crippen molar-refractivity contribution in [2.45, 2.75) is 26.2 Å². The zero-order valence-corrected chi connectivity index (χ0v) is 19.9. The van der Waals surface area contributed by atoms with Crippen LogP contribution in [0.15, 0.2) is 53.3 Å². The average Bonchev–Trinajstić information content (AvgIpc) is 3.27. The van der Waals surface area contributed by atoms with E-state index in [0.717, 1.165) is 45.6 Å². The lowest BCUT2D eigenvalue weighted by Gasteiger charge is -2.38. The van der Waals surface area contributed by atoms with E-state index in [4.69, 9.17) is 37.7 Å². The fraction of sp³-hybridized carbons (Fsp3) is 0.360. The third-order valence-electron chi connectivity index (χ3n) is 6.64. The number of hydrogen-bond donors (Lipinski definition) is 0. The summed E-state index contributed by atoms with van der Waals surface area (Å²) in [5, 5.41) is 0.486. The van der Waals surface area contributed by atoms with Crippen molar-refractivity contribution >= 4 is 29.0 Å². The van der Waals surface area contributed by atoms with E-state index in [2.05, 4.69) is 4.90 Å². The quantitative estimate of drug-likeness (QED) is 0.477. The zero-order valence-electron chi connectivity index (χ0n) is 18.4. The lowest BCUT2D eigenvalue weighted by atomic mass is 9.78. The second kappa shape index (κ2) is 9.01. The summed E-state index contributed by atoms with van der Waals surface area (Å²) in [5.74, 6) is 2.32. The van der Waals surface area contributed by atoms with Gasteiger partial charge in [0.1, 0.15) is 28.2 Å². The molecule has 0 saturated carbocycles. The van der Waals surface area contributed by atoms with Crippen molar-refractivity contribution in [2.24, 2.45) is 5.41 Å². The second-order valence-corrected chi connectivity index (χ2v) is 9.51. The Labute approximate surface area is 202 Å². The van der Waals surface area contributed by atoms with Crippen molar-refractivity contribution in [2.75, 3.05) is 31.2 Å². The predicted molar refractivity (Wildman–Crippen MR) is 130 cm³/mol. The van der Waals surface area contributed by atoms with Crippen LogP contribution in [0, 0.1) is 12.3 Å². The maximum atomic E-state index is 13.1. The molecule has 6 nitrogen and oxygen atoms in total. The van der Waals surface area contributed by atoms with Crippen molar-refractivity contribution in [3.63, 3.8) is 0 Å². The van der Waals surface area contributed by atoms with E-state index in [1.165, 1.54) is 4.57 Å². The molecule has 2 aromatic carbocycles. The number of rotatable bonds is 4. The molecule has 1 spiro atoms. The Kier molecular flexibility index (Phi) is 6.08. The van der Waals surface area contributed by atoms with Gasteiger partial charge in [0.2, 0.25) is 0 Å². The Bertz CT molecular complexity index is 1210. The van der Waals surface area contributed by atoms with Crippen molar-refractivity contribution in [1.82, 2.24) is 9.55 Å². The maximum Gasteiger partial charge on any atom is 0.260 e. The molecule has 2 aliphatic rings. The number of ether oxygens (including phenoxy) is 2. The van der Waals surface area contributed by atoms with Gasteiger partial charge < -0.3 is 14.4 Å². The molecule has 0 aliphatic carbocycles. The first-order chi connectivity index (χ1) is 16.0. The van der Waals surface area contributed by atoms with Crippen LogP contribution in [0.4, 0.5) is 5.82 Å². The molecule has 5 rings (SSSR count). The van der Waals surface area contributed by atoms with E-state index >= 15 is 0 Å². The Hall–Kier alpha value is -2.54.